The second kappa shape index (κ2) is 8.74. The van der Waals surface area contributed by atoms with Crippen LogP contribution in [0.15, 0.2) is 18.2 Å². The van der Waals surface area contributed by atoms with Crippen molar-refractivity contribution >= 4 is 11.9 Å². The van der Waals surface area contributed by atoms with Crippen molar-refractivity contribution in [2.75, 3.05) is 26.7 Å². The standard InChI is InChI=1S/C15H19N3O3/c1-21-15(20)13-6-5-12(10-11(13)4-2-7-16)14(19)18-9-3-8-17/h5-6,10H,3,7-9,16-17H2,1H3,(H,18,19). The minimum atomic E-state index is -0.508. The summed E-state index contributed by atoms with van der Waals surface area (Å²) in [5.41, 5.74) is 11.8. The summed E-state index contributed by atoms with van der Waals surface area (Å²) >= 11 is 0. The molecule has 112 valence electrons. The van der Waals surface area contributed by atoms with Crippen LogP contribution in [-0.2, 0) is 4.74 Å². The third-order valence-electron chi connectivity index (χ3n) is 2.68. The van der Waals surface area contributed by atoms with Gasteiger partial charge in [0.15, 0.2) is 0 Å². The SMILES string of the molecule is COC(=O)c1ccc(C(=O)NCCCN)cc1C#CCN. The molecule has 6 heteroatoms. The molecule has 0 spiro atoms. The van der Waals surface area contributed by atoms with Crippen molar-refractivity contribution in [3.8, 4) is 11.8 Å². The molecule has 0 bridgehead atoms. The molecule has 1 aromatic rings. The van der Waals surface area contributed by atoms with Gasteiger partial charge in [-0.2, -0.15) is 0 Å². The summed E-state index contributed by atoms with van der Waals surface area (Å²) in [6.07, 6.45) is 0.700. The number of carbonyl (C=O) groups is 2. The molecule has 0 unspecified atom stereocenters. The molecule has 1 aromatic carbocycles. The minimum Gasteiger partial charge on any atom is -0.465 e. The highest BCUT2D eigenvalue weighted by Gasteiger charge is 2.13. The zero-order valence-corrected chi connectivity index (χ0v) is 11.9. The smallest absolute Gasteiger partial charge is 0.339 e. The lowest BCUT2D eigenvalue weighted by Crippen LogP contribution is -2.26. The van der Waals surface area contributed by atoms with Crippen LogP contribution in [0.5, 0.6) is 0 Å². The zero-order chi connectivity index (χ0) is 15.7. The van der Waals surface area contributed by atoms with Crippen LogP contribution in [0.4, 0.5) is 0 Å². The van der Waals surface area contributed by atoms with Crippen LogP contribution in [0, 0.1) is 11.8 Å². The maximum Gasteiger partial charge on any atom is 0.339 e. The largest absolute Gasteiger partial charge is 0.465 e. The van der Waals surface area contributed by atoms with Crippen molar-refractivity contribution in [1.29, 1.82) is 0 Å². The molecule has 0 radical (unpaired) electrons. The van der Waals surface area contributed by atoms with E-state index in [-0.39, 0.29) is 12.5 Å². The Labute approximate surface area is 123 Å². The summed E-state index contributed by atoms with van der Waals surface area (Å²) in [7, 11) is 1.29. The Hall–Kier alpha value is -2.36. The number of amides is 1. The van der Waals surface area contributed by atoms with Crippen molar-refractivity contribution < 1.29 is 14.3 Å². The predicted molar refractivity (Wildman–Crippen MR) is 79.7 cm³/mol. The van der Waals surface area contributed by atoms with Crippen LogP contribution in [0.1, 0.15) is 32.7 Å². The van der Waals surface area contributed by atoms with Crippen molar-refractivity contribution in [2.24, 2.45) is 11.5 Å². The third kappa shape index (κ3) is 4.91. The Bertz CT molecular complexity index is 573. The summed E-state index contributed by atoms with van der Waals surface area (Å²) in [6.45, 7) is 1.17. The Balaban J connectivity index is 3.03. The third-order valence-corrected chi connectivity index (χ3v) is 2.68. The molecule has 0 aliphatic heterocycles. The molecular weight excluding hydrogens is 270 g/mol. The number of carbonyl (C=O) groups excluding carboxylic acids is 2. The Kier molecular flexibility index (Phi) is 6.95. The van der Waals surface area contributed by atoms with E-state index >= 15 is 0 Å². The molecule has 5 N–H and O–H groups in total. The number of nitrogens with one attached hydrogen (secondary N) is 1. The lowest BCUT2D eigenvalue weighted by Gasteiger charge is -2.07. The first-order valence-electron chi connectivity index (χ1n) is 6.53. The summed E-state index contributed by atoms with van der Waals surface area (Å²) in [5.74, 6) is 4.69. The number of ether oxygens (including phenoxy) is 1. The van der Waals surface area contributed by atoms with E-state index in [1.807, 2.05) is 0 Å². The van der Waals surface area contributed by atoms with Crippen LogP contribution in [0.25, 0.3) is 0 Å². The van der Waals surface area contributed by atoms with Crippen LogP contribution in [0.2, 0.25) is 0 Å². The monoisotopic (exact) mass is 289 g/mol. The van der Waals surface area contributed by atoms with E-state index in [9.17, 15) is 9.59 Å². The predicted octanol–water partition coefficient (Wildman–Crippen LogP) is -0.138. The van der Waals surface area contributed by atoms with Gasteiger partial charge >= 0.3 is 5.97 Å². The number of hydrogen-bond donors (Lipinski definition) is 3. The molecule has 0 aliphatic rings. The quantitative estimate of drug-likeness (QED) is 0.397. The van der Waals surface area contributed by atoms with Crippen molar-refractivity contribution in [1.82, 2.24) is 5.32 Å². The van der Waals surface area contributed by atoms with E-state index in [1.165, 1.54) is 13.2 Å². The molecule has 0 heterocycles. The molecule has 1 amide bonds. The number of esters is 1. The first kappa shape index (κ1) is 16.7. The fourth-order valence-corrected chi connectivity index (χ4v) is 1.63. The molecule has 0 fully saturated rings. The van der Waals surface area contributed by atoms with Gasteiger partial charge in [0.25, 0.3) is 5.91 Å². The van der Waals surface area contributed by atoms with Crippen LogP contribution < -0.4 is 16.8 Å². The van der Waals surface area contributed by atoms with Gasteiger partial charge in [0.2, 0.25) is 0 Å². The molecular formula is C15H19N3O3. The number of hydrogen-bond acceptors (Lipinski definition) is 5. The normalized spacial score (nSPS) is 9.48. The van der Waals surface area contributed by atoms with Crippen LogP contribution in [-0.4, -0.2) is 38.6 Å². The van der Waals surface area contributed by atoms with E-state index in [2.05, 4.69) is 21.9 Å². The highest BCUT2D eigenvalue weighted by atomic mass is 16.5. The first-order valence-corrected chi connectivity index (χ1v) is 6.53. The fourth-order valence-electron chi connectivity index (χ4n) is 1.63. The van der Waals surface area contributed by atoms with E-state index in [0.29, 0.717) is 36.2 Å². The molecule has 6 nitrogen and oxygen atoms in total. The molecule has 21 heavy (non-hydrogen) atoms. The van der Waals surface area contributed by atoms with Gasteiger partial charge in [-0.3, -0.25) is 4.79 Å². The second-order valence-electron chi connectivity index (χ2n) is 4.16. The second-order valence-corrected chi connectivity index (χ2v) is 4.16. The fraction of sp³-hybridized carbons (Fsp3) is 0.333. The van der Waals surface area contributed by atoms with Gasteiger partial charge in [0.05, 0.1) is 19.2 Å². The Morgan fingerprint density at radius 2 is 2.10 bits per heavy atom. The molecule has 0 atom stereocenters. The van der Waals surface area contributed by atoms with E-state index in [0.717, 1.165) is 0 Å². The molecule has 1 rings (SSSR count). The maximum atomic E-state index is 12.0. The minimum absolute atomic E-state index is 0.160. The van der Waals surface area contributed by atoms with Gasteiger partial charge in [0, 0.05) is 17.7 Å². The Morgan fingerprint density at radius 1 is 1.33 bits per heavy atom. The van der Waals surface area contributed by atoms with Crippen molar-refractivity contribution in [3.05, 3.63) is 34.9 Å². The van der Waals surface area contributed by atoms with E-state index < -0.39 is 5.97 Å². The van der Waals surface area contributed by atoms with Crippen LogP contribution >= 0.6 is 0 Å². The maximum absolute atomic E-state index is 12.0. The number of nitrogens with two attached hydrogens (primary N) is 2. The van der Waals surface area contributed by atoms with Gasteiger partial charge in [-0.1, -0.05) is 11.8 Å². The van der Waals surface area contributed by atoms with Crippen molar-refractivity contribution in [3.63, 3.8) is 0 Å². The number of methoxy groups -OCH3 is 1. The van der Waals surface area contributed by atoms with Crippen molar-refractivity contribution in [2.45, 2.75) is 6.42 Å². The highest BCUT2D eigenvalue weighted by molar-refractivity contribution is 5.98. The number of rotatable bonds is 5. The molecule has 0 saturated carbocycles. The summed E-state index contributed by atoms with van der Waals surface area (Å²) in [5, 5.41) is 2.74. The topological polar surface area (TPSA) is 107 Å². The van der Waals surface area contributed by atoms with Gasteiger partial charge in [-0.25, -0.2) is 4.79 Å². The summed E-state index contributed by atoms with van der Waals surface area (Å²) in [4.78, 5) is 23.6. The molecule has 0 aliphatic carbocycles. The average molecular weight is 289 g/mol. The van der Waals surface area contributed by atoms with Gasteiger partial charge in [-0.15, -0.1) is 0 Å². The summed E-state index contributed by atoms with van der Waals surface area (Å²) in [6, 6.07) is 4.62. The van der Waals surface area contributed by atoms with E-state index in [4.69, 9.17) is 11.5 Å². The molecule has 0 saturated heterocycles. The zero-order valence-electron chi connectivity index (χ0n) is 11.9. The first-order chi connectivity index (χ1) is 10.1. The number of benzene rings is 1. The van der Waals surface area contributed by atoms with Crippen LogP contribution in [0.3, 0.4) is 0 Å². The molecule has 0 aromatic heterocycles. The Morgan fingerprint density at radius 3 is 2.71 bits per heavy atom. The van der Waals surface area contributed by atoms with Gasteiger partial charge < -0.3 is 21.5 Å². The van der Waals surface area contributed by atoms with E-state index in [1.54, 1.807) is 12.1 Å². The average Bonchev–Trinajstić information content (AvgIpc) is 2.52. The van der Waals surface area contributed by atoms with Gasteiger partial charge in [0.1, 0.15) is 0 Å². The highest BCUT2D eigenvalue weighted by Crippen LogP contribution is 2.13. The van der Waals surface area contributed by atoms with Gasteiger partial charge in [-0.05, 0) is 31.2 Å². The lowest BCUT2D eigenvalue weighted by molar-refractivity contribution is 0.0600. The summed E-state index contributed by atoms with van der Waals surface area (Å²) < 4.78 is 4.68. The lowest BCUT2D eigenvalue weighted by atomic mass is 10.0.